The number of piperidine rings is 1. The number of likely N-dealkylation sites (tertiary alicyclic amines) is 1. The molecule has 0 radical (unpaired) electrons. The van der Waals surface area contributed by atoms with Crippen LogP contribution in [-0.2, 0) is 30.3 Å². The van der Waals surface area contributed by atoms with Gasteiger partial charge in [-0.05, 0) is 86.8 Å². The van der Waals surface area contributed by atoms with Crippen LogP contribution in [0.5, 0.6) is 0 Å². The number of amides is 2. The lowest BCUT2D eigenvalue weighted by Crippen LogP contribution is -2.48. The highest BCUT2D eigenvalue weighted by atomic mass is 16.5. The number of benzene rings is 1. The van der Waals surface area contributed by atoms with Gasteiger partial charge in [0.2, 0.25) is 5.91 Å². The van der Waals surface area contributed by atoms with Gasteiger partial charge in [-0.25, -0.2) is 4.98 Å². The van der Waals surface area contributed by atoms with Crippen molar-refractivity contribution in [2.24, 2.45) is 5.41 Å². The normalized spacial score (nSPS) is 16.4. The van der Waals surface area contributed by atoms with Crippen LogP contribution in [0, 0.1) is 12.3 Å². The third kappa shape index (κ3) is 9.38. The number of hydrogen-bond acceptors (Lipinski definition) is 9. The van der Waals surface area contributed by atoms with Gasteiger partial charge in [-0.15, -0.1) is 0 Å². The van der Waals surface area contributed by atoms with Gasteiger partial charge in [0.05, 0.1) is 26.4 Å². The zero-order valence-corrected chi connectivity index (χ0v) is 29.6. The van der Waals surface area contributed by atoms with Gasteiger partial charge in [-0.1, -0.05) is 43.5 Å². The predicted molar refractivity (Wildman–Crippen MR) is 190 cm³/mol. The molecule has 3 heterocycles. The van der Waals surface area contributed by atoms with E-state index >= 15 is 0 Å². The van der Waals surface area contributed by atoms with Gasteiger partial charge in [-0.3, -0.25) is 24.1 Å². The average Bonchev–Trinajstić information content (AvgIpc) is 3.67. The van der Waals surface area contributed by atoms with Gasteiger partial charge < -0.3 is 23.7 Å². The maximum Gasteiger partial charge on any atom is 0.326 e. The van der Waals surface area contributed by atoms with Crippen LogP contribution in [-0.4, -0.2) is 79.6 Å². The van der Waals surface area contributed by atoms with Crippen molar-refractivity contribution in [2.75, 3.05) is 49.7 Å². The first-order valence-electron chi connectivity index (χ1n) is 17.8. The van der Waals surface area contributed by atoms with Crippen LogP contribution < -0.4 is 9.80 Å². The number of nitrogens with zero attached hydrogens (tertiary/aromatic N) is 4. The summed E-state index contributed by atoms with van der Waals surface area (Å²) in [5, 5.41) is 0. The number of methoxy groups -OCH3 is 1. The molecule has 1 aromatic carbocycles. The van der Waals surface area contributed by atoms with Gasteiger partial charge in [0.15, 0.2) is 5.76 Å². The topological polar surface area (TPSA) is 122 Å². The van der Waals surface area contributed by atoms with E-state index in [0.29, 0.717) is 17.9 Å². The van der Waals surface area contributed by atoms with Crippen molar-refractivity contribution in [2.45, 2.75) is 84.1 Å². The molecule has 268 valence electrons. The third-order valence-corrected chi connectivity index (χ3v) is 10.1. The Hall–Kier alpha value is -4.51. The van der Waals surface area contributed by atoms with Crippen LogP contribution in [0.15, 0.2) is 65.4 Å². The van der Waals surface area contributed by atoms with E-state index in [9.17, 15) is 19.2 Å². The van der Waals surface area contributed by atoms with Crippen molar-refractivity contribution < 1.29 is 33.1 Å². The first kappa shape index (κ1) is 36.8. The summed E-state index contributed by atoms with van der Waals surface area (Å²) in [5.41, 5.74) is 2.17. The van der Waals surface area contributed by atoms with Crippen LogP contribution in [0.25, 0.3) is 0 Å². The Labute approximate surface area is 294 Å². The Balaban J connectivity index is 1.29. The maximum absolute atomic E-state index is 14.2. The lowest BCUT2D eigenvalue weighted by Gasteiger charge is -2.38. The maximum atomic E-state index is 14.2. The highest BCUT2D eigenvalue weighted by Crippen LogP contribution is 2.43. The van der Waals surface area contributed by atoms with Gasteiger partial charge in [0.1, 0.15) is 12.4 Å². The molecule has 1 aliphatic carbocycles. The average molecular weight is 687 g/mol. The van der Waals surface area contributed by atoms with Gasteiger partial charge in [0.25, 0.3) is 5.91 Å². The van der Waals surface area contributed by atoms with E-state index in [4.69, 9.17) is 13.9 Å². The molecule has 2 aliphatic rings. The zero-order chi connectivity index (χ0) is 35.5. The van der Waals surface area contributed by atoms with Crippen LogP contribution in [0.2, 0.25) is 0 Å². The molecule has 11 nitrogen and oxygen atoms in total. The molecular weight excluding hydrogens is 636 g/mol. The summed E-state index contributed by atoms with van der Waals surface area (Å²) < 4.78 is 15.8. The van der Waals surface area contributed by atoms with E-state index in [1.165, 1.54) is 13.4 Å². The highest BCUT2D eigenvalue weighted by Gasteiger charge is 2.39. The van der Waals surface area contributed by atoms with Crippen LogP contribution in [0.1, 0.15) is 86.4 Å². The van der Waals surface area contributed by atoms with Crippen LogP contribution in [0.4, 0.5) is 11.5 Å². The minimum absolute atomic E-state index is 0.0406. The van der Waals surface area contributed by atoms with E-state index in [1.54, 1.807) is 35.1 Å². The molecule has 0 bridgehead atoms. The number of aromatic nitrogens is 1. The smallest absolute Gasteiger partial charge is 0.326 e. The Kier molecular flexibility index (Phi) is 12.8. The largest absolute Gasteiger partial charge is 0.469 e. The number of anilines is 2. The molecule has 5 rings (SSSR count). The zero-order valence-electron chi connectivity index (χ0n) is 29.6. The molecule has 1 saturated carbocycles. The van der Waals surface area contributed by atoms with E-state index in [1.807, 2.05) is 43.3 Å². The van der Waals surface area contributed by atoms with Crippen molar-refractivity contribution in [1.29, 1.82) is 0 Å². The number of para-hydroxylation sites is 1. The van der Waals surface area contributed by atoms with E-state index in [0.717, 1.165) is 75.7 Å². The molecule has 0 N–H and O–H groups in total. The van der Waals surface area contributed by atoms with E-state index < -0.39 is 11.4 Å². The highest BCUT2D eigenvalue weighted by molar-refractivity contribution is 6.04. The number of rotatable bonds is 14. The molecule has 1 saturated heterocycles. The second-order valence-electron chi connectivity index (χ2n) is 13.6. The number of aryl methyl sites for hydroxylation is 1. The number of pyridine rings is 1. The molecule has 0 atom stereocenters. The fourth-order valence-electron chi connectivity index (χ4n) is 7.40. The summed E-state index contributed by atoms with van der Waals surface area (Å²) in [7, 11) is 1.38. The number of ether oxygens (including phenoxy) is 2. The number of carbonyl (C=O) groups is 4. The molecule has 2 fully saturated rings. The van der Waals surface area contributed by atoms with Gasteiger partial charge >= 0.3 is 11.9 Å². The number of furan rings is 1. The summed E-state index contributed by atoms with van der Waals surface area (Å²) in [5.74, 6) is -0.287. The molecule has 3 aromatic rings. The Morgan fingerprint density at radius 1 is 0.960 bits per heavy atom. The van der Waals surface area contributed by atoms with Crippen molar-refractivity contribution in [1.82, 2.24) is 9.88 Å². The number of carbonyl (C=O) groups excluding carboxylic acids is 4. The monoisotopic (exact) mass is 686 g/mol. The molecular formula is C39H50N4O7. The van der Waals surface area contributed by atoms with Crippen molar-refractivity contribution in [3.8, 4) is 0 Å². The Morgan fingerprint density at radius 2 is 1.72 bits per heavy atom. The SMILES string of the molecule is CCOC(=O)CN(C(=O)CC1(CC(=O)OC)CCCCC1)c1ccccc1CCN1CCC(N(C(=O)c2ccco2)c2ccc(C)cn2)CC1. The summed E-state index contributed by atoms with van der Waals surface area (Å²) in [6, 6.07) is 14.9. The summed E-state index contributed by atoms with van der Waals surface area (Å²) in [6.07, 6.45) is 10.3. The molecule has 2 amide bonds. The second kappa shape index (κ2) is 17.4. The fraction of sp³-hybridized carbons (Fsp3) is 0.513. The van der Waals surface area contributed by atoms with Crippen molar-refractivity contribution in [3.05, 3.63) is 77.9 Å². The molecule has 0 unspecified atom stereocenters. The second-order valence-corrected chi connectivity index (χ2v) is 13.6. The number of hydrogen-bond donors (Lipinski definition) is 0. The lowest BCUT2D eigenvalue weighted by molar-refractivity contribution is -0.145. The molecule has 1 aliphatic heterocycles. The molecule has 50 heavy (non-hydrogen) atoms. The van der Waals surface area contributed by atoms with Crippen molar-refractivity contribution in [3.63, 3.8) is 0 Å². The van der Waals surface area contributed by atoms with Gasteiger partial charge in [0, 0.05) is 44.0 Å². The summed E-state index contributed by atoms with van der Waals surface area (Å²) >= 11 is 0. The first-order valence-corrected chi connectivity index (χ1v) is 17.8. The first-order chi connectivity index (χ1) is 24.2. The minimum atomic E-state index is -0.491. The quantitative estimate of drug-likeness (QED) is 0.184. The minimum Gasteiger partial charge on any atom is -0.469 e. The molecule has 0 spiro atoms. The molecule has 11 heteroatoms. The standard InChI is InChI=1S/C39H50N4O7/c1-4-49-37(46)28-42(35(44)25-39(26-36(45)48-3)19-8-5-9-20-39)32-12-7-6-11-30(32)16-21-41-22-17-31(18-23-41)43(34-15-14-29(2)27-40-34)38(47)33-13-10-24-50-33/h6-7,10-15,24,27,31H,4-5,8-9,16-23,25-26,28H2,1-3H3. The van der Waals surface area contributed by atoms with E-state index in [2.05, 4.69) is 9.88 Å². The third-order valence-electron chi connectivity index (χ3n) is 10.1. The molecule has 2 aromatic heterocycles. The van der Waals surface area contributed by atoms with Crippen LogP contribution in [0.3, 0.4) is 0 Å². The summed E-state index contributed by atoms with van der Waals surface area (Å²) in [4.78, 5) is 63.3. The van der Waals surface area contributed by atoms with Crippen molar-refractivity contribution >= 4 is 35.3 Å². The Bertz CT molecular complexity index is 1580. The predicted octanol–water partition coefficient (Wildman–Crippen LogP) is 6.14. The van der Waals surface area contributed by atoms with E-state index in [-0.39, 0.29) is 55.6 Å². The van der Waals surface area contributed by atoms with Crippen LogP contribution >= 0.6 is 0 Å². The Morgan fingerprint density at radius 3 is 2.38 bits per heavy atom. The van der Waals surface area contributed by atoms with Gasteiger partial charge in [-0.2, -0.15) is 0 Å². The number of esters is 2. The lowest BCUT2D eigenvalue weighted by atomic mass is 9.69. The summed E-state index contributed by atoms with van der Waals surface area (Å²) in [6.45, 7) is 6.04. The fourth-order valence-corrected chi connectivity index (χ4v) is 7.40.